The molecule has 0 fully saturated rings. The first-order chi connectivity index (χ1) is 5.70. The van der Waals surface area contributed by atoms with E-state index in [1.165, 1.54) is 0 Å². The van der Waals surface area contributed by atoms with Crippen molar-refractivity contribution in [3.8, 4) is 0 Å². The van der Waals surface area contributed by atoms with Crippen LogP contribution in [0.1, 0.15) is 25.6 Å². The third-order valence-electron chi connectivity index (χ3n) is 1.79. The van der Waals surface area contributed by atoms with Gasteiger partial charge in [-0.1, -0.05) is 0 Å². The molecule has 0 saturated heterocycles. The molecule has 0 aliphatic heterocycles. The fourth-order valence-corrected chi connectivity index (χ4v) is 1.77. The van der Waals surface area contributed by atoms with Crippen molar-refractivity contribution < 1.29 is 0 Å². The molecule has 68 valence electrons. The standard InChI is InChI=1S/C7H13BrN4/c1-3-12-7(5(2)11-9)6(8)4-10-12/h4-5,11H,3,9H2,1-2H3. The summed E-state index contributed by atoms with van der Waals surface area (Å²) in [4.78, 5) is 0. The average Bonchev–Trinajstić information content (AvgIpc) is 2.45. The van der Waals surface area contributed by atoms with Crippen LogP contribution in [0.4, 0.5) is 0 Å². The van der Waals surface area contributed by atoms with Crippen LogP contribution in [0.15, 0.2) is 10.7 Å². The summed E-state index contributed by atoms with van der Waals surface area (Å²) in [6.45, 7) is 4.90. The highest BCUT2D eigenvalue weighted by Crippen LogP contribution is 2.21. The summed E-state index contributed by atoms with van der Waals surface area (Å²) in [6.07, 6.45) is 1.78. The minimum atomic E-state index is 0.113. The normalized spacial score (nSPS) is 13.3. The SMILES string of the molecule is CCn1ncc(Br)c1C(C)NN. The summed E-state index contributed by atoms with van der Waals surface area (Å²) in [5.41, 5.74) is 3.78. The molecule has 12 heavy (non-hydrogen) atoms. The van der Waals surface area contributed by atoms with Gasteiger partial charge >= 0.3 is 0 Å². The second-order valence-corrected chi connectivity index (χ2v) is 3.44. The molecule has 0 aliphatic carbocycles. The molecule has 4 nitrogen and oxygen atoms in total. The summed E-state index contributed by atoms with van der Waals surface area (Å²) in [5, 5.41) is 4.18. The van der Waals surface area contributed by atoms with Crippen LogP contribution < -0.4 is 11.3 Å². The summed E-state index contributed by atoms with van der Waals surface area (Å²) in [5.74, 6) is 5.34. The van der Waals surface area contributed by atoms with Gasteiger partial charge in [-0.05, 0) is 29.8 Å². The molecule has 1 atom stereocenters. The molecule has 1 aromatic rings. The van der Waals surface area contributed by atoms with Crippen LogP contribution in [-0.4, -0.2) is 9.78 Å². The predicted octanol–water partition coefficient (Wildman–Crippen LogP) is 1.19. The maximum atomic E-state index is 5.34. The molecule has 0 spiro atoms. The van der Waals surface area contributed by atoms with Crippen LogP contribution in [0.3, 0.4) is 0 Å². The second-order valence-electron chi connectivity index (χ2n) is 2.58. The summed E-state index contributed by atoms with van der Waals surface area (Å²) in [7, 11) is 0. The highest BCUT2D eigenvalue weighted by Gasteiger charge is 2.13. The van der Waals surface area contributed by atoms with Gasteiger partial charge in [0.2, 0.25) is 0 Å². The Balaban J connectivity index is 3.01. The molecule has 3 N–H and O–H groups in total. The molecule has 1 rings (SSSR count). The van der Waals surface area contributed by atoms with E-state index in [2.05, 4.69) is 26.5 Å². The molecule has 0 bridgehead atoms. The topological polar surface area (TPSA) is 55.9 Å². The average molecular weight is 233 g/mol. The third kappa shape index (κ3) is 1.68. The van der Waals surface area contributed by atoms with E-state index in [0.29, 0.717) is 0 Å². The maximum Gasteiger partial charge on any atom is 0.0706 e. The maximum absolute atomic E-state index is 5.34. The Hall–Kier alpha value is -0.390. The van der Waals surface area contributed by atoms with Gasteiger partial charge in [-0.2, -0.15) is 5.10 Å². The molecule has 0 radical (unpaired) electrons. The lowest BCUT2D eigenvalue weighted by Gasteiger charge is -2.12. The van der Waals surface area contributed by atoms with Crippen molar-refractivity contribution in [1.82, 2.24) is 15.2 Å². The van der Waals surface area contributed by atoms with Crippen molar-refractivity contribution in [2.75, 3.05) is 0 Å². The molecule has 0 aliphatic rings. The first-order valence-corrected chi connectivity index (χ1v) is 4.67. The van der Waals surface area contributed by atoms with Crippen LogP contribution >= 0.6 is 15.9 Å². The number of hydrazine groups is 1. The number of hydrogen-bond acceptors (Lipinski definition) is 3. The van der Waals surface area contributed by atoms with Gasteiger partial charge in [0.1, 0.15) is 0 Å². The van der Waals surface area contributed by atoms with Crippen molar-refractivity contribution in [3.05, 3.63) is 16.4 Å². The van der Waals surface area contributed by atoms with Crippen LogP contribution in [0.25, 0.3) is 0 Å². The first kappa shape index (κ1) is 9.70. The molecular formula is C7H13BrN4. The number of nitrogens with zero attached hydrogens (tertiary/aromatic N) is 2. The van der Waals surface area contributed by atoms with Crippen molar-refractivity contribution in [3.63, 3.8) is 0 Å². The lowest BCUT2D eigenvalue weighted by Crippen LogP contribution is -2.27. The van der Waals surface area contributed by atoms with Crippen molar-refractivity contribution >= 4 is 15.9 Å². The van der Waals surface area contributed by atoms with Gasteiger partial charge in [-0.25, -0.2) is 0 Å². The Labute approximate surface area is 80.2 Å². The van der Waals surface area contributed by atoms with Crippen LogP contribution in [-0.2, 0) is 6.54 Å². The zero-order valence-corrected chi connectivity index (χ0v) is 8.80. The number of halogens is 1. The Morgan fingerprint density at radius 2 is 2.50 bits per heavy atom. The lowest BCUT2D eigenvalue weighted by molar-refractivity contribution is 0.521. The molecule has 1 unspecified atom stereocenters. The van der Waals surface area contributed by atoms with Gasteiger partial charge in [0, 0.05) is 6.54 Å². The minimum Gasteiger partial charge on any atom is -0.271 e. The Morgan fingerprint density at radius 3 is 3.00 bits per heavy atom. The quantitative estimate of drug-likeness (QED) is 0.609. The third-order valence-corrected chi connectivity index (χ3v) is 2.40. The van der Waals surface area contributed by atoms with Gasteiger partial charge in [-0.15, -0.1) is 0 Å². The van der Waals surface area contributed by atoms with E-state index in [4.69, 9.17) is 5.84 Å². The zero-order valence-electron chi connectivity index (χ0n) is 7.21. The number of aromatic nitrogens is 2. The van der Waals surface area contributed by atoms with Gasteiger partial charge < -0.3 is 0 Å². The summed E-state index contributed by atoms with van der Waals surface area (Å²) >= 11 is 3.42. The molecule has 1 aromatic heterocycles. The highest BCUT2D eigenvalue weighted by atomic mass is 79.9. The Kier molecular flexibility index (Phi) is 3.25. The van der Waals surface area contributed by atoms with Gasteiger partial charge in [0.25, 0.3) is 0 Å². The van der Waals surface area contributed by atoms with E-state index in [1.54, 1.807) is 6.20 Å². The zero-order chi connectivity index (χ0) is 9.14. The van der Waals surface area contributed by atoms with Crippen molar-refractivity contribution in [1.29, 1.82) is 0 Å². The predicted molar refractivity (Wildman–Crippen MR) is 51.3 cm³/mol. The van der Waals surface area contributed by atoms with E-state index in [9.17, 15) is 0 Å². The molecule has 0 amide bonds. The van der Waals surface area contributed by atoms with E-state index in [0.717, 1.165) is 16.7 Å². The fraction of sp³-hybridized carbons (Fsp3) is 0.571. The Morgan fingerprint density at radius 1 is 1.83 bits per heavy atom. The summed E-state index contributed by atoms with van der Waals surface area (Å²) in [6, 6.07) is 0.113. The van der Waals surface area contributed by atoms with E-state index in [-0.39, 0.29) is 6.04 Å². The van der Waals surface area contributed by atoms with E-state index >= 15 is 0 Å². The molecule has 5 heteroatoms. The molecule has 1 heterocycles. The monoisotopic (exact) mass is 232 g/mol. The lowest BCUT2D eigenvalue weighted by atomic mass is 10.2. The number of aryl methyl sites for hydroxylation is 1. The highest BCUT2D eigenvalue weighted by molar-refractivity contribution is 9.10. The second kappa shape index (κ2) is 4.02. The van der Waals surface area contributed by atoms with Crippen molar-refractivity contribution in [2.24, 2.45) is 5.84 Å². The largest absolute Gasteiger partial charge is 0.271 e. The summed E-state index contributed by atoms with van der Waals surface area (Å²) < 4.78 is 2.91. The van der Waals surface area contributed by atoms with Crippen LogP contribution in [0, 0.1) is 0 Å². The smallest absolute Gasteiger partial charge is 0.0706 e. The van der Waals surface area contributed by atoms with E-state index in [1.807, 2.05) is 18.5 Å². The number of rotatable bonds is 3. The van der Waals surface area contributed by atoms with Gasteiger partial charge in [0.15, 0.2) is 0 Å². The van der Waals surface area contributed by atoms with Crippen molar-refractivity contribution in [2.45, 2.75) is 26.4 Å². The first-order valence-electron chi connectivity index (χ1n) is 3.88. The van der Waals surface area contributed by atoms with Crippen LogP contribution in [0.5, 0.6) is 0 Å². The molecule has 0 saturated carbocycles. The number of nitrogens with two attached hydrogens (primary N) is 1. The molecular weight excluding hydrogens is 220 g/mol. The molecule has 0 aromatic carbocycles. The van der Waals surface area contributed by atoms with Crippen LogP contribution in [0.2, 0.25) is 0 Å². The van der Waals surface area contributed by atoms with Gasteiger partial charge in [0.05, 0.1) is 22.4 Å². The minimum absolute atomic E-state index is 0.113. The van der Waals surface area contributed by atoms with Gasteiger partial charge in [-0.3, -0.25) is 16.0 Å². The van der Waals surface area contributed by atoms with E-state index < -0.39 is 0 Å². The number of hydrogen-bond donors (Lipinski definition) is 2. The fourth-order valence-electron chi connectivity index (χ4n) is 1.13. The Bertz CT molecular complexity index is 258. The number of nitrogens with one attached hydrogen (secondary N) is 1.